The van der Waals surface area contributed by atoms with Gasteiger partial charge in [-0.15, -0.1) is 0 Å². The molecule has 1 aromatic heterocycles. The largest absolute Gasteiger partial charge is 0.481 e. The quantitative estimate of drug-likeness (QED) is 0.622. The van der Waals surface area contributed by atoms with Gasteiger partial charge in [0.05, 0.1) is 22.7 Å². The molecule has 0 amide bonds. The molecule has 4 nitrogen and oxygen atoms in total. The molecule has 0 fully saturated rings. The van der Waals surface area contributed by atoms with E-state index < -0.39 is 5.97 Å². The minimum atomic E-state index is -0.633. The number of hydrogen-bond acceptors (Lipinski definition) is 4. The first-order valence-corrected chi connectivity index (χ1v) is 6.51. The van der Waals surface area contributed by atoms with Gasteiger partial charge in [0.2, 0.25) is 5.88 Å². The lowest BCUT2D eigenvalue weighted by Crippen LogP contribution is -2.09. The Morgan fingerprint density at radius 2 is 1.80 bits per heavy atom. The SMILES string of the molecule is COc1ccc(C(=O)Oc2c(Cl)cc(Cl)cc2Cl)cn1. The summed E-state index contributed by atoms with van der Waals surface area (Å²) in [5.74, 6) is -0.186. The van der Waals surface area contributed by atoms with Crippen LogP contribution in [0.4, 0.5) is 0 Å². The number of esters is 1. The number of methoxy groups -OCH3 is 1. The summed E-state index contributed by atoms with van der Waals surface area (Å²) in [5.41, 5.74) is 0.243. The number of nitrogens with zero attached hydrogens (tertiary/aromatic N) is 1. The second-order valence-electron chi connectivity index (χ2n) is 3.68. The Kier molecular flexibility index (Phi) is 4.70. The molecule has 2 rings (SSSR count). The zero-order valence-electron chi connectivity index (χ0n) is 10.2. The Balaban J connectivity index is 2.23. The van der Waals surface area contributed by atoms with E-state index in [-0.39, 0.29) is 21.4 Å². The first kappa shape index (κ1) is 14.9. The molecule has 7 heteroatoms. The fourth-order valence-corrected chi connectivity index (χ4v) is 2.29. The van der Waals surface area contributed by atoms with Crippen LogP contribution in [0, 0.1) is 0 Å². The predicted molar refractivity (Wildman–Crippen MR) is 77.2 cm³/mol. The van der Waals surface area contributed by atoms with Crippen molar-refractivity contribution >= 4 is 40.8 Å². The third-order valence-corrected chi connectivity index (χ3v) is 3.12. The van der Waals surface area contributed by atoms with Crippen molar-refractivity contribution in [3.05, 3.63) is 51.1 Å². The fraction of sp³-hybridized carbons (Fsp3) is 0.0769. The van der Waals surface area contributed by atoms with Gasteiger partial charge in [0.25, 0.3) is 0 Å². The van der Waals surface area contributed by atoms with Gasteiger partial charge < -0.3 is 9.47 Å². The summed E-state index contributed by atoms with van der Waals surface area (Å²) in [4.78, 5) is 15.9. The molecule has 0 aliphatic heterocycles. The van der Waals surface area contributed by atoms with E-state index in [1.54, 1.807) is 6.07 Å². The highest BCUT2D eigenvalue weighted by Gasteiger charge is 2.15. The minimum Gasteiger partial charge on any atom is -0.481 e. The molecule has 0 N–H and O–H groups in total. The van der Waals surface area contributed by atoms with E-state index in [0.29, 0.717) is 10.9 Å². The summed E-state index contributed by atoms with van der Waals surface area (Å²) >= 11 is 17.6. The zero-order chi connectivity index (χ0) is 14.7. The van der Waals surface area contributed by atoms with Gasteiger partial charge in [0.15, 0.2) is 5.75 Å². The smallest absolute Gasteiger partial charge is 0.345 e. The van der Waals surface area contributed by atoms with Crippen molar-refractivity contribution in [2.24, 2.45) is 0 Å². The molecule has 1 heterocycles. The molecule has 0 aliphatic carbocycles. The Hall–Kier alpha value is -1.49. The summed E-state index contributed by atoms with van der Waals surface area (Å²) in [7, 11) is 1.48. The number of hydrogen-bond donors (Lipinski definition) is 0. The highest BCUT2D eigenvalue weighted by atomic mass is 35.5. The number of rotatable bonds is 3. The van der Waals surface area contributed by atoms with Crippen LogP contribution in [0.2, 0.25) is 15.1 Å². The van der Waals surface area contributed by atoms with E-state index >= 15 is 0 Å². The number of carbonyl (C=O) groups is 1. The van der Waals surface area contributed by atoms with Gasteiger partial charge in [0.1, 0.15) is 0 Å². The number of pyridine rings is 1. The van der Waals surface area contributed by atoms with Gasteiger partial charge in [-0.25, -0.2) is 9.78 Å². The molecule has 2 aromatic rings. The minimum absolute atomic E-state index is 0.0542. The van der Waals surface area contributed by atoms with Crippen LogP contribution in [0.15, 0.2) is 30.5 Å². The van der Waals surface area contributed by atoms with E-state index in [1.807, 2.05) is 0 Å². The number of carbonyl (C=O) groups excluding carboxylic acids is 1. The maximum atomic E-state index is 11.9. The van der Waals surface area contributed by atoms with Crippen LogP contribution in [0.3, 0.4) is 0 Å². The summed E-state index contributed by atoms with van der Waals surface area (Å²) < 4.78 is 10.0. The standard InChI is InChI=1S/C13H8Cl3NO3/c1-19-11-3-2-7(6-17-11)13(18)20-12-9(15)4-8(14)5-10(12)16/h2-6H,1H3. The highest BCUT2D eigenvalue weighted by Crippen LogP contribution is 2.36. The van der Waals surface area contributed by atoms with Crippen molar-refractivity contribution in [3.8, 4) is 11.6 Å². The molecule has 0 saturated heterocycles. The Morgan fingerprint density at radius 3 is 2.30 bits per heavy atom. The molecule has 0 spiro atoms. The maximum Gasteiger partial charge on any atom is 0.345 e. The Morgan fingerprint density at radius 1 is 1.15 bits per heavy atom. The summed E-state index contributed by atoms with van der Waals surface area (Å²) in [6, 6.07) is 5.93. The predicted octanol–water partition coefficient (Wildman–Crippen LogP) is 4.27. The van der Waals surface area contributed by atoms with Crippen LogP contribution >= 0.6 is 34.8 Å². The van der Waals surface area contributed by atoms with Crippen LogP contribution in [-0.4, -0.2) is 18.1 Å². The molecule has 0 unspecified atom stereocenters. The van der Waals surface area contributed by atoms with E-state index in [1.165, 1.54) is 31.5 Å². The lowest BCUT2D eigenvalue weighted by Gasteiger charge is -2.08. The van der Waals surface area contributed by atoms with E-state index in [4.69, 9.17) is 44.3 Å². The van der Waals surface area contributed by atoms with Crippen molar-refractivity contribution in [1.29, 1.82) is 0 Å². The van der Waals surface area contributed by atoms with Crippen LogP contribution in [-0.2, 0) is 0 Å². The monoisotopic (exact) mass is 331 g/mol. The van der Waals surface area contributed by atoms with E-state index in [0.717, 1.165) is 0 Å². The number of halogens is 3. The number of benzene rings is 1. The zero-order valence-corrected chi connectivity index (χ0v) is 12.5. The highest BCUT2D eigenvalue weighted by molar-refractivity contribution is 6.40. The van der Waals surface area contributed by atoms with Crippen molar-refractivity contribution < 1.29 is 14.3 Å². The summed E-state index contributed by atoms with van der Waals surface area (Å²) in [6.45, 7) is 0. The van der Waals surface area contributed by atoms with Gasteiger partial charge in [-0.3, -0.25) is 0 Å². The molecule has 104 valence electrons. The average molecular weight is 333 g/mol. The van der Waals surface area contributed by atoms with Gasteiger partial charge >= 0.3 is 5.97 Å². The van der Waals surface area contributed by atoms with E-state index in [2.05, 4.69) is 4.98 Å². The molecule has 0 saturated carbocycles. The van der Waals surface area contributed by atoms with Crippen LogP contribution in [0.1, 0.15) is 10.4 Å². The second-order valence-corrected chi connectivity index (χ2v) is 4.93. The number of ether oxygens (including phenoxy) is 2. The van der Waals surface area contributed by atoms with Crippen LogP contribution in [0.25, 0.3) is 0 Å². The lowest BCUT2D eigenvalue weighted by atomic mass is 10.3. The molecule has 0 bridgehead atoms. The maximum absolute atomic E-state index is 11.9. The average Bonchev–Trinajstić information content (AvgIpc) is 2.42. The van der Waals surface area contributed by atoms with Crippen molar-refractivity contribution in [1.82, 2.24) is 4.98 Å². The van der Waals surface area contributed by atoms with Gasteiger partial charge in [0, 0.05) is 17.3 Å². The normalized spacial score (nSPS) is 10.2. The Bertz CT molecular complexity index is 621. The first-order valence-electron chi connectivity index (χ1n) is 5.38. The van der Waals surface area contributed by atoms with Crippen molar-refractivity contribution in [2.45, 2.75) is 0 Å². The molecule has 1 aromatic carbocycles. The molecule has 0 aliphatic rings. The van der Waals surface area contributed by atoms with Gasteiger partial charge in [-0.05, 0) is 18.2 Å². The van der Waals surface area contributed by atoms with Crippen molar-refractivity contribution in [2.75, 3.05) is 7.11 Å². The molecular formula is C13H8Cl3NO3. The third kappa shape index (κ3) is 3.33. The third-order valence-electron chi connectivity index (χ3n) is 2.34. The van der Waals surface area contributed by atoms with Crippen LogP contribution in [0.5, 0.6) is 11.6 Å². The Labute approximate surface area is 130 Å². The number of aromatic nitrogens is 1. The molecule has 0 radical (unpaired) electrons. The van der Waals surface area contributed by atoms with Crippen LogP contribution < -0.4 is 9.47 Å². The fourth-order valence-electron chi connectivity index (χ4n) is 1.40. The molecule has 0 atom stereocenters. The molecular weight excluding hydrogens is 325 g/mol. The summed E-state index contributed by atoms with van der Waals surface area (Å²) in [5, 5.41) is 0.653. The first-order chi connectivity index (χ1) is 9.51. The second kappa shape index (κ2) is 6.31. The lowest BCUT2D eigenvalue weighted by molar-refractivity contribution is 0.0734. The van der Waals surface area contributed by atoms with Gasteiger partial charge in [-0.1, -0.05) is 34.8 Å². The topological polar surface area (TPSA) is 48.4 Å². The van der Waals surface area contributed by atoms with Gasteiger partial charge in [-0.2, -0.15) is 0 Å². The van der Waals surface area contributed by atoms with E-state index in [9.17, 15) is 4.79 Å². The van der Waals surface area contributed by atoms with Crippen molar-refractivity contribution in [3.63, 3.8) is 0 Å². The molecule has 20 heavy (non-hydrogen) atoms. The summed E-state index contributed by atoms with van der Waals surface area (Å²) in [6.07, 6.45) is 1.33.